The summed E-state index contributed by atoms with van der Waals surface area (Å²) in [5.41, 5.74) is 0.533. The predicted molar refractivity (Wildman–Crippen MR) is 60.3 cm³/mol. The molecule has 4 aliphatic carbocycles. The Kier molecular flexibility index (Phi) is 2.29. The monoisotopic (exact) mass is 204 g/mol. The van der Waals surface area contributed by atoms with Crippen LogP contribution in [-0.4, -0.2) is 13.2 Å². The zero-order valence-corrected chi connectivity index (χ0v) is 9.37. The van der Waals surface area contributed by atoms with Gasteiger partial charge >= 0.3 is 0 Å². The van der Waals surface area contributed by atoms with Crippen LogP contribution in [0.1, 0.15) is 38.5 Å². The van der Waals surface area contributed by atoms with Crippen molar-refractivity contribution in [3.8, 4) is 12.3 Å². The van der Waals surface area contributed by atoms with Gasteiger partial charge in [-0.25, -0.2) is 0 Å². The van der Waals surface area contributed by atoms with Crippen LogP contribution in [0.5, 0.6) is 0 Å². The minimum Gasteiger partial charge on any atom is -0.368 e. The molecule has 0 aromatic carbocycles. The second kappa shape index (κ2) is 3.52. The molecule has 0 atom stereocenters. The number of hydrogen-bond donors (Lipinski definition) is 0. The van der Waals surface area contributed by atoms with E-state index in [1.165, 1.54) is 38.5 Å². The number of terminal acetylenes is 1. The van der Waals surface area contributed by atoms with E-state index >= 15 is 0 Å². The van der Waals surface area contributed by atoms with Crippen LogP contribution < -0.4 is 0 Å². The van der Waals surface area contributed by atoms with Crippen LogP contribution in [0.25, 0.3) is 0 Å². The van der Waals surface area contributed by atoms with E-state index in [0.717, 1.165) is 24.4 Å². The van der Waals surface area contributed by atoms with Gasteiger partial charge in [-0.1, -0.05) is 5.92 Å². The first-order chi connectivity index (χ1) is 7.30. The minimum absolute atomic E-state index is 0.502. The summed E-state index contributed by atoms with van der Waals surface area (Å²) in [7, 11) is 0. The molecule has 4 aliphatic rings. The Bertz CT molecular complexity index is 251. The fourth-order valence-corrected chi connectivity index (χ4v) is 4.79. The maximum absolute atomic E-state index is 5.63. The maximum Gasteiger partial charge on any atom is 0.107 e. The van der Waals surface area contributed by atoms with Gasteiger partial charge in [-0.15, -0.1) is 6.42 Å². The van der Waals surface area contributed by atoms with Crippen molar-refractivity contribution in [1.82, 2.24) is 0 Å². The molecule has 0 spiro atoms. The van der Waals surface area contributed by atoms with Gasteiger partial charge in [0.25, 0.3) is 0 Å². The zero-order valence-electron chi connectivity index (χ0n) is 9.37. The highest BCUT2D eigenvalue weighted by atomic mass is 16.5. The molecule has 1 nitrogen and oxygen atoms in total. The van der Waals surface area contributed by atoms with Crippen molar-refractivity contribution < 1.29 is 4.74 Å². The first-order valence-electron chi connectivity index (χ1n) is 6.31. The third-order valence-corrected chi connectivity index (χ3v) is 4.76. The quantitative estimate of drug-likeness (QED) is 0.507. The Hall–Kier alpha value is -0.480. The van der Waals surface area contributed by atoms with E-state index in [-0.39, 0.29) is 0 Å². The number of ether oxygens (including phenoxy) is 1. The topological polar surface area (TPSA) is 9.23 Å². The average Bonchev–Trinajstić information content (AvgIpc) is 2.15. The number of rotatable bonds is 3. The minimum atomic E-state index is 0.502. The Balaban J connectivity index is 1.68. The summed E-state index contributed by atoms with van der Waals surface area (Å²) in [4.78, 5) is 0. The van der Waals surface area contributed by atoms with Gasteiger partial charge in [0.15, 0.2) is 0 Å². The molecule has 0 radical (unpaired) electrons. The van der Waals surface area contributed by atoms with Gasteiger partial charge in [-0.3, -0.25) is 0 Å². The Morgan fingerprint density at radius 1 is 1.07 bits per heavy atom. The molecule has 0 N–H and O–H groups in total. The summed E-state index contributed by atoms with van der Waals surface area (Å²) in [5, 5.41) is 0. The molecule has 1 heteroatoms. The Morgan fingerprint density at radius 3 is 2.07 bits per heavy atom. The highest BCUT2D eigenvalue weighted by Crippen LogP contribution is 2.59. The lowest BCUT2D eigenvalue weighted by Crippen LogP contribution is -2.48. The van der Waals surface area contributed by atoms with Gasteiger partial charge in [0.05, 0.1) is 6.61 Å². The van der Waals surface area contributed by atoms with E-state index in [1.807, 2.05) is 0 Å². The molecule has 4 bridgehead atoms. The van der Waals surface area contributed by atoms with Crippen molar-refractivity contribution >= 4 is 0 Å². The molecule has 4 saturated carbocycles. The molecule has 4 rings (SSSR count). The maximum atomic E-state index is 5.63. The van der Waals surface area contributed by atoms with Gasteiger partial charge < -0.3 is 4.74 Å². The van der Waals surface area contributed by atoms with Crippen LogP contribution in [0.15, 0.2) is 0 Å². The van der Waals surface area contributed by atoms with Crippen molar-refractivity contribution in [2.45, 2.75) is 38.5 Å². The van der Waals surface area contributed by atoms with Gasteiger partial charge in [0.1, 0.15) is 6.61 Å². The standard InChI is InChI=1S/C14H20O/c1-2-3-15-10-14-7-11-4-12(8-14)6-13(5-11)9-14/h1,11-13H,3-10H2. The first kappa shape index (κ1) is 9.73. The lowest BCUT2D eigenvalue weighted by molar-refractivity contribution is -0.0921. The first-order valence-corrected chi connectivity index (χ1v) is 6.31. The van der Waals surface area contributed by atoms with Crippen LogP contribution in [0.4, 0.5) is 0 Å². The lowest BCUT2D eigenvalue weighted by atomic mass is 9.50. The summed E-state index contributed by atoms with van der Waals surface area (Å²) in [6, 6.07) is 0. The lowest BCUT2D eigenvalue weighted by Gasteiger charge is -2.56. The second-order valence-electron chi connectivity index (χ2n) is 6.11. The third kappa shape index (κ3) is 1.70. The average molecular weight is 204 g/mol. The highest BCUT2D eigenvalue weighted by molar-refractivity contribution is 5.01. The Morgan fingerprint density at radius 2 is 1.60 bits per heavy atom. The molecule has 4 fully saturated rings. The van der Waals surface area contributed by atoms with E-state index < -0.39 is 0 Å². The molecular formula is C14H20O. The van der Waals surface area contributed by atoms with Crippen molar-refractivity contribution in [2.24, 2.45) is 23.2 Å². The third-order valence-electron chi connectivity index (χ3n) is 4.76. The van der Waals surface area contributed by atoms with Crippen molar-refractivity contribution in [2.75, 3.05) is 13.2 Å². The van der Waals surface area contributed by atoms with Crippen molar-refractivity contribution in [3.05, 3.63) is 0 Å². The summed E-state index contributed by atoms with van der Waals surface area (Å²) in [6.07, 6.45) is 14.0. The van der Waals surface area contributed by atoms with Crippen LogP contribution >= 0.6 is 0 Å². The van der Waals surface area contributed by atoms with Crippen molar-refractivity contribution in [1.29, 1.82) is 0 Å². The van der Waals surface area contributed by atoms with Gasteiger partial charge in [0, 0.05) is 0 Å². The van der Waals surface area contributed by atoms with Crippen LogP contribution in [0.2, 0.25) is 0 Å². The molecule has 0 unspecified atom stereocenters. The van der Waals surface area contributed by atoms with Crippen molar-refractivity contribution in [3.63, 3.8) is 0 Å². The zero-order chi connectivity index (χ0) is 10.3. The summed E-state index contributed by atoms with van der Waals surface area (Å²) >= 11 is 0. The van der Waals surface area contributed by atoms with Gasteiger partial charge in [0.2, 0.25) is 0 Å². The molecule has 0 aromatic rings. The molecule has 0 heterocycles. The van der Waals surface area contributed by atoms with E-state index in [1.54, 1.807) is 0 Å². The SMILES string of the molecule is C#CCOCC12CC3CC(CC(C3)C1)C2. The molecule has 0 amide bonds. The van der Waals surface area contributed by atoms with Crippen LogP contribution in [-0.2, 0) is 4.74 Å². The smallest absolute Gasteiger partial charge is 0.107 e. The Labute approximate surface area is 92.6 Å². The highest BCUT2D eigenvalue weighted by Gasteiger charge is 2.50. The molecular weight excluding hydrogens is 184 g/mol. The van der Waals surface area contributed by atoms with E-state index in [4.69, 9.17) is 11.2 Å². The normalized spacial score (nSPS) is 46.7. The van der Waals surface area contributed by atoms with E-state index in [2.05, 4.69) is 5.92 Å². The van der Waals surface area contributed by atoms with Gasteiger partial charge in [-0.2, -0.15) is 0 Å². The molecule has 0 aliphatic heterocycles. The fourth-order valence-electron chi connectivity index (χ4n) is 4.79. The van der Waals surface area contributed by atoms with E-state index in [9.17, 15) is 0 Å². The van der Waals surface area contributed by atoms with E-state index in [0.29, 0.717) is 12.0 Å². The molecule has 0 aromatic heterocycles. The van der Waals surface area contributed by atoms with Crippen LogP contribution in [0, 0.1) is 35.5 Å². The fraction of sp³-hybridized carbons (Fsp3) is 0.857. The summed E-state index contributed by atoms with van der Waals surface area (Å²) < 4.78 is 5.63. The molecule has 82 valence electrons. The summed E-state index contributed by atoms with van der Waals surface area (Å²) in [5.74, 6) is 5.64. The van der Waals surface area contributed by atoms with Crippen LogP contribution in [0.3, 0.4) is 0 Å². The predicted octanol–water partition coefficient (Wildman–Crippen LogP) is 2.85. The molecule has 15 heavy (non-hydrogen) atoms. The largest absolute Gasteiger partial charge is 0.368 e. The second-order valence-corrected chi connectivity index (χ2v) is 6.11. The summed E-state index contributed by atoms with van der Waals surface area (Å²) in [6.45, 7) is 1.43. The molecule has 0 saturated heterocycles. The van der Waals surface area contributed by atoms with Gasteiger partial charge in [-0.05, 0) is 61.7 Å². The number of hydrogen-bond acceptors (Lipinski definition) is 1.